The average molecular weight is 201 g/mol. The third-order valence-corrected chi connectivity index (χ3v) is 1.47. The van der Waals surface area contributed by atoms with E-state index in [1.54, 1.807) is 26.8 Å². The number of ether oxygens (including phenoxy) is 1. The summed E-state index contributed by atoms with van der Waals surface area (Å²) in [6, 6.07) is 0. The highest BCUT2D eigenvalue weighted by atomic mass is 16.6. The van der Waals surface area contributed by atoms with Gasteiger partial charge in [-0.3, -0.25) is 0 Å². The molecule has 0 aromatic rings. The van der Waals surface area contributed by atoms with Crippen molar-refractivity contribution >= 4 is 6.09 Å². The number of aliphatic hydroxyl groups is 1. The molecule has 0 aliphatic carbocycles. The van der Waals surface area contributed by atoms with Crippen LogP contribution in [0.5, 0.6) is 0 Å². The Morgan fingerprint density at radius 3 is 2.43 bits per heavy atom. The number of carbonyl (C=O) groups is 1. The summed E-state index contributed by atoms with van der Waals surface area (Å²) in [6.07, 6.45) is 1.29. The van der Waals surface area contributed by atoms with Gasteiger partial charge in [0.1, 0.15) is 5.60 Å². The number of carbonyl (C=O) groups excluding carboxylic acids is 1. The van der Waals surface area contributed by atoms with Crippen LogP contribution in [-0.4, -0.2) is 30.0 Å². The molecule has 0 atom stereocenters. The monoisotopic (exact) mass is 201 g/mol. The summed E-state index contributed by atoms with van der Waals surface area (Å²) < 4.78 is 5.02. The lowest BCUT2D eigenvalue weighted by Gasteiger charge is -2.19. The first kappa shape index (κ1) is 13.0. The molecule has 82 valence electrons. The third-order valence-electron chi connectivity index (χ3n) is 1.47. The van der Waals surface area contributed by atoms with Gasteiger partial charge in [0, 0.05) is 6.54 Å². The van der Waals surface area contributed by atoms with Crippen molar-refractivity contribution in [3.8, 4) is 0 Å². The van der Waals surface area contributed by atoms with Crippen molar-refractivity contribution in [2.75, 3.05) is 13.2 Å². The molecule has 0 aliphatic rings. The fourth-order valence-electron chi connectivity index (χ4n) is 0.749. The van der Waals surface area contributed by atoms with Gasteiger partial charge in [-0.15, -0.1) is 0 Å². The second-order valence-corrected chi connectivity index (χ2v) is 3.96. The SMILES string of the molecule is C/C=C(/CO)CNC(=O)OC(C)(C)C. The average Bonchev–Trinajstić information content (AvgIpc) is 2.03. The van der Waals surface area contributed by atoms with Crippen LogP contribution in [-0.2, 0) is 4.74 Å². The van der Waals surface area contributed by atoms with Gasteiger partial charge in [-0.1, -0.05) is 6.08 Å². The van der Waals surface area contributed by atoms with Crippen molar-refractivity contribution in [2.45, 2.75) is 33.3 Å². The Hall–Kier alpha value is -1.03. The summed E-state index contributed by atoms with van der Waals surface area (Å²) in [5.74, 6) is 0. The molecule has 4 nitrogen and oxygen atoms in total. The predicted molar refractivity (Wildman–Crippen MR) is 55.1 cm³/mol. The molecule has 0 saturated heterocycles. The molecular formula is C10H19NO3. The van der Waals surface area contributed by atoms with Crippen LogP contribution in [0.3, 0.4) is 0 Å². The highest BCUT2D eigenvalue weighted by molar-refractivity contribution is 5.68. The molecule has 0 aromatic carbocycles. The first-order valence-electron chi connectivity index (χ1n) is 4.61. The van der Waals surface area contributed by atoms with E-state index in [0.717, 1.165) is 5.57 Å². The second-order valence-electron chi connectivity index (χ2n) is 3.96. The van der Waals surface area contributed by atoms with Crippen molar-refractivity contribution in [2.24, 2.45) is 0 Å². The number of alkyl carbamates (subject to hydrolysis) is 1. The smallest absolute Gasteiger partial charge is 0.407 e. The summed E-state index contributed by atoms with van der Waals surface area (Å²) in [7, 11) is 0. The minimum Gasteiger partial charge on any atom is -0.444 e. The molecular weight excluding hydrogens is 182 g/mol. The fraction of sp³-hybridized carbons (Fsp3) is 0.700. The normalized spacial score (nSPS) is 12.5. The van der Waals surface area contributed by atoms with Gasteiger partial charge < -0.3 is 15.2 Å². The van der Waals surface area contributed by atoms with Gasteiger partial charge in [0.25, 0.3) is 0 Å². The van der Waals surface area contributed by atoms with Crippen LogP contribution >= 0.6 is 0 Å². The molecule has 0 aromatic heterocycles. The van der Waals surface area contributed by atoms with Crippen LogP contribution < -0.4 is 5.32 Å². The first-order chi connectivity index (χ1) is 6.39. The van der Waals surface area contributed by atoms with Gasteiger partial charge in [-0.25, -0.2) is 4.79 Å². The maximum absolute atomic E-state index is 11.2. The Morgan fingerprint density at radius 2 is 2.07 bits per heavy atom. The van der Waals surface area contributed by atoms with E-state index in [1.807, 2.05) is 6.92 Å². The van der Waals surface area contributed by atoms with Gasteiger partial charge in [0.2, 0.25) is 0 Å². The van der Waals surface area contributed by atoms with E-state index in [9.17, 15) is 4.79 Å². The van der Waals surface area contributed by atoms with Crippen LogP contribution in [0.25, 0.3) is 0 Å². The lowest BCUT2D eigenvalue weighted by atomic mass is 10.2. The second kappa shape index (κ2) is 5.65. The highest BCUT2D eigenvalue weighted by Crippen LogP contribution is 2.06. The van der Waals surface area contributed by atoms with Gasteiger partial charge >= 0.3 is 6.09 Å². The largest absolute Gasteiger partial charge is 0.444 e. The summed E-state index contributed by atoms with van der Waals surface area (Å²) in [5, 5.41) is 11.4. The fourth-order valence-corrected chi connectivity index (χ4v) is 0.749. The van der Waals surface area contributed by atoms with Crippen LogP contribution in [0.4, 0.5) is 4.79 Å². The molecule has 0 fully saturated rings. The molecule has 14 heavy (non-hydrogen) atoms. The quantitative estimate of drug-likeness (QED) is 0.679. The molecule has 2 N–H and O–H groups in total. The summed E-state index contributed by atoms with van der Waals surface area (Å²) in [4.78, 5) is 11.2. The Kier molecular flexibility index (Phi) is 5.23. The van der Waals surface area contributed by atoms with E-state index in [0.29, 0.717) is 6.54 Å². The Bertz CT molecular complexity index is 216. The maximum Gasteiger partial charge on any atom is 0.407 e. The third kappa shape index (κ3) is 6.48. The van der Waals surface area contributed by atoms with Gasteiger partial charge in [0.05, 0.1) is 6.61 Å². The van der Waals surface area contributed by atoms with E-state index in [1.165, 1.54) is 0 Å². The lowest BCUT2D eigenvalue weighted by molar-refractivity contribution is 0.0531. The zero-order chi connectivity index (χ0) is 11.2. The number of allylic oxidation sites excluding steroid dienone is 1. The standard InChI is InChI=1S/C10H19NO3/c1-5-8(7-12)6-11-9(13)14-10(2,3)4/h5,12H,6-7H2,1-4H3,(H,11,13)/b8-5+. The molecule has 0 saturated carbocycles. The highest BCUT2D eigenvalue weighted by Gasteiger charge is 2.15. The van der Waals surface area contributed by atoms with Crippen molar-refractivity contribution in [1.29, 1.82) is 0 Å². The minimum absolute atomic E-state index is 0.0493. The number of amides is 1. The van der Waals surface area contributed by atoms with Crippen LogP contribution in [0.15, 0.2) is 11.6 Å². The molecule has 0 radical (unpaired) electrons. The van der Waals surface area contributed by atoms with E-state index >= 15 is 0 Å². The summed E-state index contributed by atoms with van der Waals surface area (Å²) in [5.41, 5.74) is 0.273. The van der Waals surface area contributed by atoms with E-state index < -0.39 is 11.7 Å². The van der Waals surface area contributed by atoms with E-state index in [4.69, 9.17) is 9.84 Å². The zero-order valence-corrected chi connectivity index (χ0v) is 9.26. The first-order valence-corrected chi connectivity index (χ1v) is 4.61. The van der Waals surface area contributed by atoms with Gasteiger partial charge in [-0.2, -0.15) is 0 Å². The topological polar surface area (TPSA) is 58.6 Å². The minimum atomic E-state index is -0.487. The Labute approximate surface area is 85.0 Å². The van der Waals surface area contributed by atoms with Crippen molar-refractivity contribution in [3.63, 3.8) is 0 Å². The summed E-state index contributed by atoms with van der Waals surface area (Å²) in [6.45, 7) is 7.48. The Morgan fingerprint density at radius 1 is 1.50 bits per heavy atom. The van der Waals surface area contributed by atoms with Crippen molar-refractivity contribution < 1.29 is 14.6 Å². The number of rotatable bonds is 3. The molecule has 0 spiro atoms. The number of aliphatic hydroxyl groups excluding tert-OH is 1. The molecule has 0 bridgehead atoms. The number of hydrogen-bond donors (Lipinski definition) is 2. The van der Waals surface area contributed by atoms with E-state index in [-0.39, 0.29) is 6.61 Å². The molecule has 0 rings (SSSR count). The number of hydrogen-bond acceptors (Lipinski definition) is 3. The molecule has 0 unspecified atom stereocenters. The lowest BCUT2D eigenvalue weighted by Crippen LogP contribution is -2.33. The van der Waals surface area contributed by atoms with Crippen LogP contribution in [0.2, 0.25) is 0 Å². The number of nitrogens with one attached hydrogen (secondary N) is 1. The Balaban J connectivity index is 3.86. The molecule has 0 heterocycles. The van der Waals surface area contributed by atoms with Crippen LogP contribution in [0.1, 0.15) is 27.7 Å². The van der Waals surface area contributed by atoms with Crippen molar-refractivity contribution in [3.05, 3.63) is 11.6 Å². The van der Waals surface area contributed by atoms with Gasteiger partial charge in [-0.05, 0) is 33.3 Å². The maximum atomic E-state index is 11.2. The van der Waals surface area contributed by atoms with E-state index in [2.05, 4.69) is 5.32 Å². The molecule has 4 heteroatoms. The summed E-state index contributed by atoms with van der Waals surface area (Å²) >= 11 is 0. The molecule has 1 amide bonds. The van der Waals surface area contributed by atoms with Crippen molar-refractivity contribution in [1.82, 2.24) is 5.32 Å². The van der Waals surface area contributed by atoms with Gasteiger partial charge in [0.15, 0.2) is 0 Å². The van der Waals surface area contributed by atoms with Crippen LogP contribution in [0, 0.1) is 0 Å². The predicted octanol–water partition coefficient (Wildman–Crippen LogP) is 1.45. The zero-order valence-electron chi connectivity index (χ0n) is 9.26. The molecule has 0 aliphatic heterocycles.